The van der Waals surface area contributed by atoms with Crippen molar-refractivity contribution in [3.8, 4) is 0 Å². The zero-order chi connectivity index (χ0) is 19.2. The Bertz CT molecular complexity index is 883. The minimum Gasteiger partial charge on any atom is -0.407 e. The van der Waals surface area contributed by atoms with Gasteiger partial charge < -0.3 is 9.31 Å². The lowest BCUT2D eigenvalue weighted by Gasteiger charge is -2.40. The maximum atomic E-state index is 6.23. The standard InChI is InChI=1S/C25H25BO2/c1-2-21-13-15-23(16-14-21)18-25(17-22-9-5-3-6-10-22)19-27-26(28-20-25)24-11-7-4-8-12-24/h2-16H,1,17-20H2. The summed E-state index contributed by atoms with van der Waals surface area (Å²) in [5, 5.41) is 0. The summed E-state index contributed by atoms with van der Waals surface area (Å²) in [4.78, 5) is 0. The fourth-order valence-electron chi connectivity index (χ4n) is 3.90. The molecular formula is C25H25BO2. The van der Waals surface area contributed by atoms with Gasteiger partial charge in [0.25, 0.3) is 0 Å². The molecule has 4 rings (SSSR count). The highest BCUT2D eigenvalue weighted by Gasteiger charge is 2.40. The Morgan fingerprint density at radius 2 is 1.29 bits per heavy atom. The van der Waals surface area contributed by atoms with E-state index in [9.17, 15) is 0 Å². The van der Waals surface area contributed by atoms with E-state index in [1.807, 2.05) is 24.3 Å². The molecule has 0 amide bonds. The molecule has 0 radical (unpaired) electrons. The number of benzene rings is 3. The average Bonchev–Trinajstić information content (AvgIpc) is 2.76. The molecule has 1 saturated heterocycles. The molecule has 0 spiro atoms. The van der Waals surface area contributed by atoms with E-state index in [0.717, 1.165) is 23.9 Å². The fraction of sp³-hybridized carbons (Fsp3) is 0.200. The van der Waals surface area contributed by atoms with Crippen molar-refractivity contribution in [1.82, 2.24) is 0 Å². The summed E-state index contributed by atoms with van der Waals surface area (Å²) in [7, 11) is -0.284. The summed E-state index contributed by atoms with van der Waals surface area (Å²) >= 11 is 0. The van der Waals surface area contributed by atoms with Gasteiger partial charge in [0, 0.05) is 18.6 Å². The highest BCUT2D eigenvalue weighted by atomic mass is 16.6. The molecule has 1 aliphatic rings. The molecule has 28 heavy (non-hydrogen) atoms. The lowest BCUT2D eigenvalue weighted by atomic mass is 9.71. The molecule has 0 N–H and O–H groups in total. The summed E-state index contributed by atoms with van der Waals surface area (Å²) in [5.74, 6) is 0. The van der Waals surface area contributed by atoms with Crippen LogP contribution < -0.4 is 5.46 Å². The van der Waals surface area contributed by atoms with Crippen molar-refractivity contribution in [3.63, 3.8) is 0 Å². The van der Waals surface area contributed by atoms with E-state index < -0.39 is 0 Å². The molecule has 1 fully saturated rings. The second-order valence-corrected chi connectivity index (χ2v) is 7.65. The molecule has 1 aliphatic heterocycles. The third-order valence-corrected chi connectivity index (χ3v) is 5.37. The summed E-state index contributed by atoms with van der Waals surface area (Å²) < 4.78 is 12.5. The van der Waals surface area contributed by atoms with E-state index in [-0.39, 0.29) is 12.5 Å². The van der Waals surface area contributed by atoms with Crippen LogP contribution in [0.4, 0.5) is 0 Å². The number of hydrogen-bond donors (Lipinski definition) is 0. The Kier molecular flexibility index (Phi) is 5.75. The highest BCUT2D eigenvalue weighted by molar-refractivity contribution is 6.61. The van der Waals surface area contributed by atoms with E-state index in [2.05, 4.69) is 73.3 Å². The molecule has 3 aromatic rings. The smallest absolute Gasteiger partial charge is 0.407 e. The summed E-state index contributed by atoms with van der Waals surface area (Å²) in [6.45, 7) is 5.19. The summed E-state index contributed by atoms with van der Waals surface area (Å²) in [5.41, 5.74) is 4.75. The Morgan fingerprint density at radius 1 is 0.750 bits per heavy atom. The molecule has 3 heteroatoms. The normalized spacial score (nSPS) is 15.9. The third-order valence-electron chi connectivity index (χ3n) is 5.37. The van der Waals surface area contributed by atoms with Crippen molar-refractivity contribution in [1.29, 1.82) is 0 Å². The van der Waals surface area contributed by atoms with E-state index >= 15 is 0 Å². The highest BCUT2D eigenvalue weighted by Crippen LogP contribution is 2.32. The van der Waals surface area contributed by atoms with Crippen LogP contribution in [0.5, 0.6) is 0 Å². The van der Waals surface area contributed by atoms with Crippen molar-refractivity contribution >= 4 is 18.7 Å². The predicted octanol–water partition coefficient (Wildman–Crippen LogP) is 4.54. The van der Waals surface area contributed by atoms with Crippen LogP contribution in [-0.2, 0) is 22.2 Å². The molecular weight excluding hydrogens is 343 g/mol. The summed E-state index contributed by atoms with van der Waals surface area (Å²) in [6, 6.07) is 29.4. The van der Waals surface area contributed by atoms with Crippen molar-refractivity contribution < 1.29 is 9.31 Å². The first kappa shape index (κ1) is 18.7. The number of hydrogen-bond acceptors (Lipinski definition) is 2. The van der Waals surface area contributed by atoms with Crippen LogP contribution in [0.1, 0.15) is 16.7 Å². The molecule has 3 aromatic carbocycles. The minimum atomic E-state index is -0.284. The van der Waals surface area contributed by atoms with Crippen LogP contribution in [0, 0.1) is 5.41 Å². The van der Waals surface area contributed by atoms with Gasteiger partial charge in [-0.1, -0.05) is 97.6 Å². The van der Waals surface area contributed by atoms with Gasteiger partial charge in [-0.15, -0.1) is 0 Å². The van der Waals surface area contributed by atoms with Gasteiger partial charge in [-0.25, -0.2) is 0 Å². The van der Waals surface area contributed by atoms with Crippen LogP contribution in [0.15, 0.2) is 91.5 Å². The van der Waals surface area contributed by atoms with Crippen molar-refractivity contribution in [3.05, 3.63) is 108 Å². The van der Waals surface area contributed by atoms with E-state index in [1.54, 1.807) is 0 Å². The first-order valence-electron chi connectivity index (χ1n) is 9.80. The minimum absolute atomic E-state index is 0.0810. The Balaban J connectivity index is 1.54. The molecule has 1 heterocycles. The Morgan fingerprint density at radius 3 is 1.86 bits per heavy atom. The Labute approximate surface area is 168 Å². The molecule has 0 aromatic heterocycles. The molecule has 0 atom stereocenters. The van der Waals surface area contributed by atoms with Gasteiger partial charge in [-0.05, 0) is 35.0 Å². The Hall–Kier alpha value is -2.62. The van der Waals surface area contributed by atoms with Gasteiger partial charge in [-0.2, -0.15) is 0 Å². The summed E-state index contributed by atoms with van der Waals surface area (Å²) in [6.07, 6.45) is 3.72. The van der Waals surface area contributed by atoms with Crippen LogP contribution in [0.2, 0.25) is 0 Å². The lowest BCUT2D eigenvalue weighted by Crippen LogP contribution is -2.51. The second kappa shape index (κ2) is 8.60. The van der Waals surface area contributed by atoms with Crippen LogP contribution in [0.3, 0.4) is 0 Å². The molecule has 0 bridgehead atoms. The first-order valence-corrected chi connectivity index (χ1v) is 9.80. The maximum absolute atomic E-state index is 6.23. The van der Waals surface area contributed by atoms with Crippen molar-refractivity contribution in [2.45, 2.75) is 12.8 Å². The van der Waals surface area contributed by atoms with Crippen LogP contribution in [0.25, 0.3) is 6.08 Å². The van der Waals surface area contributed by atoms with E-state index in [0.29, 0.717) is 13.2 Å². The predicted molar refractivity (Wildman–Crippen MR) is 117 cm³/mol. The second-order valence-electron chi connectivity index (χ2n) is 7.65. The van der Waals surface area contributed by atoms with Crippen LogP contribution >= 0.6 is 0 Å². The monoisotopic (exact) mass is 368 g/mol. The molecule has 0 aliphatic carbocycles. The largest absolute Gasteiger partial charge is 0.493 e. The van der Waals surface area contributed by atoms with Gasteiger partial charge in [0.2, 0.25) is 0 Å². The first-order chi connectivity index (χ1) is 13.8. The van der Waals surface area contributed by atoms with Gasteiger partial charge in [-0.3, -0.25) is 0 Å². The lowest BCUT2D eigenvalue weighted by molar-refractivity contribution is 0.00971. The molecule has 0 unspecified atom stereocenters. The van der Waals surface area contributed by atoms with Gasteiger partial charge in [0.15, 0.2) is 0 Å². The average molecular weight is 368 g/mol. The quantitative estimate of drug-likeness (QED) is 0.595. The SMILES string of the molecule is C=Cc1ccc(CC2(Cc3ccccc3)COB(c3ccccc3)OC2)cc1. The number of rotatable bonds is 6. The molecule has 2 nitrogen and oxygen atoms in total. The zero-order valence-corrected chi connectivity index (χ0v) is 16.1. The van der Waals surface area contributed by atoms with E-state index in [4.69, 9.17) is 9.31 Å². The van der Waals surface area contributed by atoms with Crippen molar-refractivity contribution in [2.75, 3.05) is 13.2 Å². The van der Waals surface area contributed by atoms with Crippen LogP contribution in [-0.4, -0.2) is 20.3 Å². The van der Waals surface area contributed by atoms with Gasteiger partial charge in [0.05, 0.1) is 0 Å². The fourth-order valence-corrected chi connectivity index (χ4v) is 3.90. The zero-order valence-electron chi connectivity index (χ0n) is 16.1. The van der Waals surface area contributed by atoms with Crippen molar-refractivity contribution in [2.24, 2.45) is 5.41 Å². The maximum Gasteiger partial charge on any atom is 0.493 e. The molecule has 0 saturated carbocycles. The topological polar surface area (TPSA) is 18.5 Å². The van der Waals surface area contributed by atoms with E-state index in [1.165, 1.54) is 11.1 Å². The third kappa shape index (κ3) is 4.44. The molecule has 140 valence electrons. The van der Waals surface area contributed by atoms with Gasteiger partial charge >= 0.3 is 7.12 Å². The van der Waals surface area contributed by atoms with Gasteiger partial charge in [0.1, 0.15) is 0 Å².